The average Bonchev–Trinajstić information content (AvgIpc) is 3.38. The van der Waals surface area contributed by atoms with Crippen molar-refractivity contribution in [2.75, 3.05) is 18.4 Å². The Kier molecular flexibility index (Phi) is 6.65. The molecule has 4 rings (SSSR count). The van der Waals surface area contributed by atoms with Crippen molar-refractivity contribution in [2.24, 2.45) is 5.92 Å². The fourth-order valence-corrected chi connectivity index (χ4v) is 3.80. The minimum absolute atomic E-state index is 0.140. The molecule has 1 saturated heterocycles. The van der Waals surface area contributed by atoms with E-state index in [0.29, 0.717) is 49.5 Å². The molecule has 32 heavy (non-hydrogen) atoms. The molecule has 0 radical (unpaired) electrons. The van der Waals surface area contributed by atoms with Crippen molar-refractivity contribution in [3.05, 3.63) is 89.9 Å². The van der Waals surface area contributed by atoms with E-state index in [-0.39, 0.29) is 23.6 Å². The first-order valence-corrected chi connectivity index (χ1v) is 10.7. The number of hydrogen-bond acceptors (Lipinski definition) is 4. The maximum absolute atomic E-state index is 12.9. The van der Waals surface area contributed by atoms with E-state index >= 15 is 0 Å². The van der Waals surface area contributed by atoms with Gasteiger partial charge in [-0.25, -0.2) is 0 Å². The normalized spacial score (nSPS) is 14.1. The molecule has 0 atom stereocenters. The third kappa shape index (κ3) is 5.06. The van der Waals surface area contributed by atoms with Crippen molar-refractivity contribution in [1.82, 2.24) is 10.2 Å². The zero-order chi connectivity index (χ0) is 22.3. The van der Waals surface area contributed by atoms with Crippen LogP contribution in [0.5, 0.6) is 0 Å². The Hall–Kier alpha value is -3.87. The molecular weight excluding hydrogens is 406 g/mol. The Balaban J connectivity index is 1.34. The summed E-state index contributed by atoms with van der Waals surface area (Å²) < 4.78 is 5.18. The van der Waals surface area contributed by atoms with E-state index in [2.05, 4.69) is 10.6 Å². The number of likely N-dealkylation sites (tertiary alicyclic amines) is 1. The molecule has 3 aromatic rings. The van der Waals surface area contributed by atoms with Crippen molar-refractivity contribution in [1.29, 1.82) is 0 Å². The number of piperidine rings is 1. The third-order valence-corrected chi connectivity index (χ3v) is 5.61. The predicted octanol–water partition coefficient (Wildman–Crippen LogP) is 3.70. The Labute approximate surface area is 186 Å². The zero-order valence-electron chi connectivity index (χ0n) is 17.6. The first-order chi connectivity index (χ1) is 15.6. The van der Waals surface area contributed by atoms with E-state index in [1.165, 1.54) is 6.26 Å². The Morgan fingerprint density at radius 1 is 0.906 bits per heavy atom. The van der Waals surface area contributed by atoms with Gasteiger partial charge in [-0.3, -0.25) is 14.4 Å². The molecular formula is C25H25N3O4. The van der Waals surface area contributed by atoms with E-state index in [9.17, 15) is 14.4 Å². The lowest BCUT2D eigenvalue weighted by atomic mass is 9.95. The van der Waals surface area contributed by atoms with Gasteiger partial charge in [0.15, 0.2) is 5.76 Å². The van der Waals surface area contributed by atoms with E-state index in [0.717, 1.165) is 5.56 Å². The maximum atomic E-state index is 12.9. The summed E-state index contributed by atoms with van der Waals surface area (Å²) >= 11 is 0. The largest absolute Gasteiger partial charge is 0.459 e. The second kappa shape index (κ2) is 9.96. The van der Waals surface area contributed by atoms with Gasteiger partial charge in [-0.05, 0) is 42.7 Å². The minimum atomic E-state index is -0.247. The third-order valence-electron chi connectivity index (χ3n) is 5.61. The Bertz CT molecular complexity index is 1070. The summed E-state index contributed by atoms with van der Waals surface area (Å²) in [7, 11) is 0. The van der Waals surface area contributed by atoms with Crippen molar-refractivity contribution in [2.45, 2.75) is 19.4 Å². The summed E-state index contributed by atoms with van der Waals surface area (Å²) in [5.74, 6) is -0.462. The van der Waals surface area contributed by atoms with Gasteiger partial charge in [-0.15, -0.1) is 0 Å². The Morgan fingerprint density at radius 2 is 1.62 bits per heavy atom. The number of amides is 3. The number of furan rings is 1. The summed E-state index contributed by atoms with van der Waals surface area (Å²) in [6, 6.07) is 19.9. The first kappa shape index (κ1) is 21.4. The molecule has 2 heterocycles. The summed E-state index contributed by atoms with van der Waals surface area (Å²) in [4.78, 5) is 39.7. The van der Waals surface area contributed by atoms with Gasteiger partial charge in [0.1, 0.15) is 0 Å². The monoisotopic (exact) mass is 431 g/mol. The Morgan fingerprint density at radius 3 is 2.34 bits per heavy atom. The van der Waals surface area contributed by atoms with Gasteiger partial charge in [0, 0.05) is 25.6 Å². The standard InChI is InChI=1S/C25H25N3O4/c29-23(19-12-14-28(15-13-19)25(31)22-11-6-16-32-22)27-21-10-5-4-9-20(21)24(30)26-17-18-7-2-1-3-8-18/h1-11,16,19H,12-15,17H2,(H,26,30)(H,27,29). The summed E-state index contributed by atoms with van der Waals surface area (Å²) in [6.07, 6.45) is 2.59. The van der Waals surface area contributed by atoms with Gasteiger partial charge >= 0.3 is 0 Å². The van der Waals surface area contributed by atoms with Gasteiger partial charge < -0.3 is 20.0 Å². The van der Waals surface area contributed by atoms with Crippen molar-refractivity contribution in [3.8, 4) is 0 Å². The molecule has 1 aliphatic rings. The highest BCUT2D eigenvalue weighted by Gasteiger charge is 2.29. The molecule has 0 saturated carbocycles. The zero-order valence-corrected chi connectivity index (χ0v) is 17.6. The van der Waals surface area contributed by atoms with Crippen LogP contribution in [0.3, 0.4) is 0 Å². The number of benzene rings is 2. The minimum Gasteiger partial charge on any atom is -0.459 e. The maximum Gasteiger partial charge on any atom is 0.289 e. The van der Waals surface area contributed by atoms with Crippen molar-refractivity contribution >= 4 is 23.4 Å². The van der Waals surface area contributed by atoms with Gasteiger partial charge in [0.2, 0.25) is 5.91 Å². The van der Waals surface area contributed by atoms with Crippen LogP contribution < -0.4 is 10.6 Å². The van der Waals surface area contributed by atoms with E-state index in [1.54, 1.807) is 41.3 Å². The summed E-state index contributed by atoms with van der Waals surface area (Å²) in [6.45, 7) is 1.37. The highest BCUT2D eigenvalue weighted by atomic mass is 16.3. The SMILES string of the molecule is O=C(NCc1ccccc1)c1ccccc1NC(=O)C1CCN(C(=O)c2ccco2)CC1. The fourth-order valence-electron chi connectivity index (χ4n) is 3.80. The van der Waals surface area contributed by atoms with Crippen LogP contribution in [-0.4, -0.2) is 35.7 Å². The molecule has 1 fully saturated rings. The highest BCUT2D eigenvalue weighted by molar-refractivity contribution is 6.04. The molecule has 2 N–H and O–H groups in total. The molecule has 0 aliphatic carbocycles. The van der Waals surface area contributed by atoms with E-state index in [1.807, 2.05) is 30.3 Å². The number of nitrogens with one attached hydrogen (secondary N) is 2. The molecule has 1 aromatic heterocycles. The van der Waals surface area contributed by atoms with E-state index in [4.69, 9.17) is 4.42 Å². The smallest absolute Gasteiger partial charge is 0.289 e. The van der Waals surface area contributed by atoms with E-state index < -0.39 is 0 Å². The van der Waals surface area contributed by atoms with Crippen LogP contribution in [0, 0.1) is 5.92 Å². The van der Waals surface area contributed by atoms with Crippen molar-refractivity contribution < 1.29 is 18.8 Å². The van der Waals surface area contributed by atoms with Gasteiger partial charge in [-0.2, -0.15) is 0 Å². The predicted molar refractivity (Wildman–Crippen MR) is 120 cm³/mol. The lowest BCUT2D eigenvalue weighted by Gasteiger charge is -2.30. The van der Waals surface area contributed by atoms with Crippen LogP contribution >= 0.6 is 0 Å². The average molecular weight is 431 g/mol. The van der Waals surface area contributed by atoms with Gasteiger partial charge in [0.05, 0.1) is 17.5 Å². The van der Waals surface area contributed by atoms with Crippen LogP contribution in [0.1, 0.15) is 39.3 Å². The molecule has 164 valence electrons. The molecule has 7 nitrogen and oxygen atoms in total. The molecule has 7 heteroatoms. The lowest BCUT2D eigenvalue weighted by Crippen LogP contribution is -2.41. The molecule has 3 amide bonds. The number of nitrogens with zero attached hydrogens (tertiary/aromatic N) is 1. The molecule has 0 bridgehead atoms. The van der Waals surface area contributed by atoms with Crippen LogP contribution in [0.4, 0.5) is 5.69 Å². The summed E-state index contributed by atoms with van der Waals surface area (Å²) in [5.41, 5.74) is 1.90. The van der Waals surface area contributed by atoms with Crippen LogP contribution in [0.25, 0.3) is 0 Å². The first-order valence-electron chi connectivity index (χ1n) is 10.7. The number of carbonyl (C=O) groups is 3. The summed E-state index contributed by atoms with van der Waals surface area (Å²) in [5, 5.41) is 5.81. The molecule has 1 aliphatic heterocycles. The lowest BCUT2D eigenvalue weighted by molar-refractivity contribution is -0.121. The molecule has 0 spiro atoms. The van der Waals surface area contributed by atoms with Gasteiger partial charge in [-0.1, -0.05) is 42.5 Å². The van der Waals surface area contributed by atoms with Crippen LogP contribution in [0.2, 0.25) is 0 Å². The number of anilines is 1. The second-order valence-corrected chi connectivity index (χ2v) is 7.75. The fraction of sp³-hybridized carbons (Fsp3) is 0.240. The van der Waals surface area contributed by atoms with Crippen molar-refractivity contribution in [3.63, 3.8) is 0 Å². The number of rotatable bonds is 6. The number of carbonyl (C=O) groups excluding carboxylic acids is 3. The quantitative estimate of drug-likeness (QED) is 0.623. The van der Waals surface area contributed by atoms with Gasteiger partial charge in [0.25, 0.3) is 11.8 Å². The number of para-hydroxylation sites is 1. The molecule has 2 aromatic carbocycles. The topological polar surface area (TPSA) is 91.7 Å². The second-order valence-electron chi connectivity index (χ2n) is 7.75. The van der Waals surface area contributed by atoms with Crippen LogP contribution in [0.15, 0.2) is 77.4 Å². The molecule has 0 unspecified atom stereocenters. The van der Waals surface area contributed by atoms with Crippen LogP contribution in [-0.2, 0) is 11.3 Å². The number of hydrogen-bond donors (Lipinski definition) is 2. The highest BCUT2D eigenvalue weighted by Crippen LogP contribution is 2.23.